The molecule has 2 atom stereocenters. The van der Waals surface area contributed by atoms with Crippen molar-refractivity contribution in [1.82, 2.24) is 10.2 Å². The minimum Gasteiger partial charge on any atom is -0.377 e. The smallest absolute Gasteiger partial charge is 0.245 e. The Hall–Kier alpha value is -1.14. The molecule has 0 aromatic heterocycles. The molecule has 1 fully saturated rings. The molecule has 6 nitrogen and oxygen atoms in total. The Balaban J connectivity index is 2.63. The monoisotopic (exact) mass is 285 g/mol. The molecular formula is C14H27N3O3. The van der Waals surface area contributed by atoms with Crippen molar-refractivity contribution in [2.75, 3.05) is 19.8 Å². The van der Waals surface area contributed by atoms with Crippen molar-refractivity contribution in [3.8, 4) is 0 Å². The van der Waals surface area contributed by atoms with Crippen molar-refractivity contribution >= 4 is 11.8 Å². The van der Waals surface area contributed by atoms with Crippen LogP contribution in [0.3, 0.4) is 0 Å². The second kappa shape index (κ2) is 8.21. The van der Waals surface area contributed by atoms with Gasteiger partial charge in [-0.1, -0.05) is 13.3 Å². The van der Waals surface area contributed by atoms with Gasteiger partial charge in [0.1, 0.15) is 6.04 Å². The molecule has 2 amide bonds. The molecule has 116 valence electrons. The van der Waals surface area contributed by atoms with Gasteiger partial charge in [0.15, 0.2) is 0 Å². The molecule has 2 unspecified atom stereocenters. The first-order valence-corrected chi connectivity index (χ1v) is 7.38. The molecule has 1 heterocycles. The van der Waals surface area contributed by atoms with Crippen molar-refractivity contribution in [3.63, 3.8) is 0 Å². The third-order valence-electron chi connectivity index (χ3n) is 3.28. The highest BCUT2D eigenvalue weighted by atomic mass is 16.5. The van der Waals surface area contributed by atoms with Gasteiger partial charge in [-0.25, -0.2) is 0 Å². The number of carbonyl (C=O) groups is 2. The first-order chi connectivity index (χ1) is 9.45. The van der Waals surface area contributed by atoms with Crippen LogP contribution in [0.1, 0.15) is 40.0 Å². The normalized spacial score (nSPS) is 20.9. The van der Waals surface area contributed by atoms with E-state index < -0.39 is 6.04 Å². The van der Waals surface area contributed by atoms with Crippen LogP contribution in [0.2, 0.25) is 0 Å². The van der Waals surface area contributed by atoms with Crippen LogP contribution in [0.5, 0.6) is 0 Å². The Kier molecular flexibility index (Phi) is 6.95. The van der Waals surface area contributed by atoms with Gasteiger partial charge in [-0.15, -0.1) is 0 Å². The maximum Gasteiger partial charge on any atom is 0.245 e. The summed E-state index contributed by atoms with van der Waals surface area (Å²) < 4.78 is 5.33. The number of nitrogens with two attached hydrogens (primary N) is 1. The van der Waals surface area contributed by atoms with Crippen LogP contribution in [-0.4, -0.2) is 54.6 Å². The molecule has 6 heteroatoms. The van der Waals surface area contributed by atoms with Gasteiger partial charge >= 0.3 is 0 Å². The van der Waals surface area contributed by atoms with Crippen molar-refractivity contribution < 1.29 is 14.3 Å². The van der Waals surface area contributed by atoms with E-state index in [1.807, 2.05) is 20.8 Å². The zero-order chi connectivity index (χ0) is 15.1. The largest absolute Gasteiger partial charge is 0.377 e. The summed E-state index contributed by atoms with van der Waals surface area (Å²) in [5, 5.41) is 2.83. The number of morpholine rings is 1. The van der Waals surface area contributed by atoms with Crippen molar-refractivity contribution in [2.24, 2.45) is 5.73 Å². The molecule has 20 heavy (non-hydrogen) atoms. The van der Waals surface area contributed by atoms with Gasteiger partial charge in [0.05, 0.1) is 13.2 Å². The fourth-order valence-electron chi connectivity index (χ4n) is 2.31. The molecule has 3 N–H and O–H groups in total. The van der Waals surface area contributed by atoms with Gasteiger partial charge in [-0.2, -0.15) is 0 Å². The Morgan fingerprint density at radius 2 is 2.15 bits per heavy atom. The molecule has 0 aromatic carbocycles. The average molecular weight is 285 g/mol. The van der Waals surface area contributed by atoms with Crippen LogP contribution in [-0.2, 0) is 14.3 Å². The molecule has 0 aliphatic carbocycles. The second-order valence-corrected chi connectivity index (χ2v) is 5.59. The lowest BCUT2D eigenvalue weighted by atomic mass is 10.1. The first-order valence-electron chi connectivity index (χ1n) is 7.38. The van der Waals surface area contributed by atoms with E-state index in [2.05, 4.69) is 5.32 Å². The predicted molar refractivity (Wildman–Crippen MR) is 77.1 cm³/mol. The molecule has 1 aliphatic rings. The Morgan fingerprint density at radius 1 is 1.45 bits per heavy atom. The highest BCUT2D eigenvalue weighted by Gasteiger charge is 2.33. The standard InChI is InChI=1S/C14H27N3O3/c1-4-5-11(15)8-13(18)17-6-7-20-9-12(17)14(19)16-10(2)3/h10-12H,4-9,15H2,1-3H3,(H,16,19). The van der Waals surface area contributed by atoms with Crippen molar-refractivity contribution in [2.45, 2.75) is 58.2 Å². The van der Waals surface area contributed by atoms with Crippen LogP contribution in [0.15, 0.2) is 0 Å². The number of nitrogens with one attached hydrogen (secondary N) is 1. The molecule has 0 aromatic rings. The summed E-state index contributed by atoms with van der Waals surface area (Å²) in [6.07, 6.45) is 2.06. The second-order valence-electron chi connectivity index (χ2n) is 5.59. The molecular weight excluding hydrogens is 258 g/mol. The molecule has 0 saturated carbocycles. The van der Waals surface area contributed by atoms with Crippen LogP contribution in [0, 0.1) is 0 Å². The van der Waals surface area contributed by atoms with E-state index in [1.165, 1.54) is 0 Å². The Labute approximate surface area is 121 Å². The molecule has 1 rings (SSSR count). The zero-order valence-corrected chi connectivity index (χ0v) is 12.7. The van der Waals surface area contributed by atoms with E-state index >= 15 is 0 Å². The van der Waals surface area contributed by atoms with E-state index in [-0.39, 0.29) is 30.5 Å². The number of carbonyl (C=O) groups excluding carboxylic acids is 2. The minimum absolute atomic E-state index is 0.0451. The fraction of sp³-hybridized carbons (Fsp3) is 0.857. The fourth-order valence-corrected chi connectivity index (χ4v) is 2.31. The highest BCUT2D eigenvalue weighted by Crippen LogP contribution is 2.11. The summed E-state index contributed by atoms with van der Waals surface area (Å²) in [6, 6.07) is -0.625. The van der Waals surface area contributed by atoms with Gasteiger partial charge in [-0.05, 0) is 20.3 Å². The number of rotatable bonds is 6. The summed E-state index contributed by atoms with van der Waals surface area (Å²) in [4.78, 5) is 26.0. The van der Waals surface area contributed by atoms with E-state index in [4.69, 9.17) is 10.5 Å². The molecule has 1 saturated heterocycles. The number of amides is 2. The SMILES string of the molecule is CCCC(N)CC(=O)N1CCOCC1C(=O)NC(C)C. The number of hydrogen-bond donors (Lipinski definition) is 2. The van der Waals surface area contributed by atoms with Crippen LogP contribution >= 0.6 is 0 Å². The number of nitrogens with zero attached hydrogens (tertiary/aromatic N) is 1. The van der Waals surface area contributed by atoms with Gasteiger partial charge in [0, 0.05) is 25.0 Å². The summed E-state index contributed by atoms with van der Waals surface area (Å²) in [5.41, 5.74) is 5.91. The van der Waals surface area contributed by atoms with E-state index in [0.29, 0.717) is 19.6 Å². The third-order valence-corrected chi connectivity index (χ3v) is 3.28. The molecule has 1 aliphatic heterocycles. The summed E-state index contributed by atoms with van der Waals surface area (Å²) in [7, 11) is 0. The Morgan fingerprint density at radius 3 is 2.75 bits per heavy atom. The maximum atomic E-state index is 12.3. The van der Waals surface area contributed by atoms with Crippen LogP contribution < -0.4 is 11.1 Å². The maximum absolute atomic E-state index is 12.3. The lowest BCUT2D eigenvalue weighted by molar-refractivity contribution is -0.149. The molecule has 0 radical (unpaired) electrons. The van der Waals surface area contributed by atoms with E-state index in [9.17, 15) is 9.59 Å². The average Bonchev–Trinajstić information content (AvgIpc) is 2.38. The first kappa shape index (κ1) is 16.9. The lowest BCUT2D eigenvalue weighted by Gasteiger charge is -2.35. The van der Waals surface area contributed by atoms with Crippen LogP contribution in [0.4, 0.5) is 0 Å². The van der Waals surface area contributed by atoms with Crippen molar-refractivity contribution in [3.05, 3.63) is 0 Å². The highest BCUT2D eigenvalue weighted by molar-refractivity contribution is 5.88. The van der Waals surface area contributed by atoms with Crippen molar-refractivity contribution in [1.29, 1.82) is 0 Å². The van der Waals surface area contributed by atoms with Crippen LogP contribution in [0.25, 0.3) is 0 Å². The topological polar surface area (TPSA) is 84.7 Å². The lowest BCUT2D eigenvalue weighted by Crippen LogP contribution is -2.57. The summed E-state index contributed by atoms with van der Waals surface area (Å²) in [6.45, 7) is 7.01. The molecule has 0 bridgehead atoms. The van der Waals surface area contributed by atoms with E-state index in [0.717, 1.165) is 12.8 Å². The van der Waals surface area contributed by atoms with E-state index in [1.54, 1.807) is 4.90 Å². The van der Waals surface area contributed by atoms with Gasteiger partial charge < -0.3 is 20.7 Å². The van der Waals surface area contributed by atoms with Gasteiger partial charge in [0.25, 0.3) is 0 Å². The number of hydrogen-bond acceptors (Lipinski definition) is 4. The third kappa shape index (κ3) is 5.09. The summed E-state index contributed by atoms with van der Waals surface area (Å²) in [5.74, 6) is -0.213. The Bertz CT molecular complexity index is 334. The quantitative estimate of drug-likeness (QED) is 0.733. The predicted octanol–water partition coefficient (Wildman–Crippen LogP) is 0.256. The van der Waals surface area contributed by atoms with Gasteiger partial charge in [0.2, 0.25) is 11.8 Å². The summed E-state index contributed by atoms with van der Waals surface area (Å²) >= 11 is 0. The number of ether oxygens (including phenoxy) is 1. The zero-order valence-electron chi connectivity index (χ0n) is 12.7. The molecule has 0 spiro atoms. The minimum atomic E-state index is -0.535. The van der Waals surface area contributed by atoms with Gasteiger partial charge in [-0.3, -0.25) is 9.59 Å².